The van der Waals surface area contributed by atoms with Crippen molar-refractivity contribution >= 4 is 17.6 Å². The lowest BCUT2D eigenvalue weighted by atomic mass is 10.0. The number of carbonyl (C=O) groups excluding carboxylic acids is 1. The minimum Gasteiger partial charge on any atom is -0.493 e. The van der Waals surface area contributed by atoms with Crippen LogP contribution in [0.25, 0.3) is 0 Å². The number of urea groups is 1. The average molecular weight is 317 g/mol. The second kappa shape index (κ2) is 6.71. The Morgan fingerprint density at radius 2 is 1.91 bits per heavy atom. The molecule has 2 aromatic carbocycles. The van der Waals surface area contributed by atoms with E-state index in [-0.39, 0.29) is 11.9 Å². The summed E-state index contributed by atoms with van der Waals surface area (Å²) in [6.45, 7) is 1.64. The monoisotopic (exact) mass is 316 g/mol. The molecular formula is C17H17ClN2O2. The number of rotatable bonds is 4. The molecule has 0 bridgehead atoms. The van der Waals surface area contributed by atoms with Gasteiger partial charge < -0.3 is 15.4 Å². The summed E-state index contributed by atoms with van der Waals surface area (Å²) in [4.78, 5) is 11.9. The van der Waals surface area contributed by atoms with Gasteiger partial charge in [-0.25, -0.2) is 4.79 Å². The number of ether oxygens (including phenoxy) is 1. The van der Waals surface area contributed by atoms with Crippen molar-refractivity contribution in [3.05, 3.63) is 64.7 Å². The Kier molecular flexibility index (Phi) is 4.49. The summed E-state index contributed by atoms with van der Waals surface area (Å²) in [6.07, 6.45) is 0. The molecule has 5 heteroatoms. The summed E-state index contributed by atoms with van der Waals surface area (Å²) >= 11 is 5.83. The number of para-hydroxylation sites is 1. The van der Waals surface area contributed by atoms with Crippen molar-refractivity contribution < 1.29 is 9.53 Å². The van der Waals surface area contributed by atoms with Crippen LogP contribution in [0.15, 0.2) is 48.5 Å². The highest BCUT2D eigenvalue weighted by atomic mass is 35.5. The molecule has 0 saturated heterocycles. The van der Waals surface area contributed by atoms with Gasteiger partial charge in [-0.15, -0.1) is 0 Å². The molecular weight excluding hydrogens is 300 g/mol. The zero-order chi connectivity index (χ0) is 15.4. The smallest absolute Gasteiger partial charge is 0.315 e. The van der Waals surface area contributed by atoms with Gasteiger partial charge in [0.15, 0.2) is 0 Å². The first-order chi connectivity index (χ1) is 10.7. The highest BCUT2D eigenvalue weighted by Crippen LogP contribution is 2.32. The Balaban J connectivity index is 1.46. The zero-order valence-corrected chi connectivity index (χ0v) is 12.8. The lowest BCUT2D eigenvalue weighted by Crippen LogP contribution is -2.37. The van der Waals surface area contributed by atoms with Gasteiger partial charge in [-0.3, -0.25) is 0 Å². The first-order valence-corrected chi connectivity index (χ1v) is 7.58. The molecule has 1 atom stereocenters. The van der Waals surface area contributed by atoms with Crippen LogP contribution in [0.1, 0.15) is 17.0 Å². The highest BCUT2D eigenvalue weighted by molar-refractivity contribution is 6.30. The van der Waals surface area contributed by atoms with E-state index < -0.39 is 0 Å². The molecule has 0 saturated carbocycles. The number of fused-ring (bicyclic) bond motifs is 1. The van der Waals surface area contributed by atoms with Crippen LogP contribution in [0.4, 0.5) is 4.79 Å². The molecule has 4 nitrogen and oxygen atoms in total. The van der Waals surface area contributed by atoms with Crippen molar-refractivity contribution in [3.63, 3.8) is 0 Å². The maximum Gasteiger partial charge on any atom is 0.315 e. The standard InChI is InChI=1S/C17H17ClN2O2/c18-14-7-5-12(6-8-14)9-19-17(21)20-10-13-11-22-16-4-2-1-3-15(13)16/h1-8,13H,9-11H2,(H2,19,20,21)/t13-/m1/s1. The molecule has 1 heterocycles. The van der Waals surface area contributed by atoms with Gasteiger partial charge in [0.1, 0.15) is 5.75 Å². The number of hydrogen-bond donors (Lipinski definition) is 2. The van der Waals surface area contributed by atoms with Crippen molar-refractivity contribution in [1.29, 1.82) is 0 Å². The molecule has 0 spiro atoms. The van der Waals surface area contributed by atoms with Gasteiger partial charge in [-0.05, 0) is 23.8 Å². The van der Waals surface area contributed by atoms with Gasteiger partial charge in [-0.2, -0.15) is 0 Å². The van der Waals surface area contributed by atoms with Crippen molar-refractivity contribution in [1.82, 2.24) is 10.6 Å². The molecule has 1 aliphatic heterocycles. The van der Waals surface area contributed by atoms with E-state index in [1.807, 2.05) is 48.5 Å². The third kappa shape index (κ3) is 3.52. The fourth-order valence-corrected chi connectivity index (χ4v) is 2.59. The van der Waals surface area contributed by atoms with Crippen LogP contribution >= 0.6 is 11.6 Å². The van der Waals surface area contributed by atoms with Crippen molar-refractivity contribution in [2.45, 2.75) is 12.5 Å². The lowest BCUT2D eigenvalue weighted by Gasteiger charge is -2.11. The average Bonchev–Trinajstić information content (AvgIpc) is 2.96. The number of hydrogen-bond acceptors (Lipinski definition) is 2. The molecule has 3 rings (SSSR count). The highest BCUT2D eigenvalue weighted by Gasteiger charge is 2.23. The predicted octanol–water partition coefficient (Wildman–Crippen LogP) is 3.32. The largest absolute Gasteiger partial charge is 0.493 e. The fraction of sp³-hybridized carbons (Fsp3) is 0.235. The Bertz CT molecular complexity index is 658. The number of nitrogens with one attached hydrogen (secondary N) is 2. The third-order valence-corrected chi connectivity index (χ3v) is 3.93. The van der Waals surface area contributed by atoms with Crippen LogP contribution < -0.4 is 15.4 Å². The molecule has 0 unspecified atom stereocenters. The van der Waals surface area contributed by atoms with Gasteiger partial charge in [0.2, 0.25) is 0 Å². The minimum atomic E-state index is -0.181. The summed E-state index contributed by atoms with van der Waals surface area (Å²) < 4.78 is 5.60. The van der Waals surface area contributed by atoms with Crippen LogP contribution in [0.3, 0.4) is 0 Å². The van der Waals surface area contributed by atoms with Crippen molar-refractivity contribution in [3.8, 4) is 5.75 Å². The molecule has 0 aliphatic carbocycles. The SMILES string of the molecule is O=C(NCc1ccc(Cl)cc1)NC[C@@H]1COc2ccccc21. The van der Waals surface area contributed by atoms with Gasteiger partial charge in [-0.1, -0.05) is 41.9 Å². The molecule has 0 aromatic heterocycles. The topological polar surface area (TPSA) is 50.4 Å². The second-order valence-electron chi connectivity index (χ2n) is 5.24. The zero-order valence-electron chi connectivity index (χ0n) is 12.0. The fourth-order valence-electron chi connectivity index (χ4n) is 2.46. The maximum atomic E-state index is 11.9. The maximum absolute atomic E-state index is 11.9. The van der Waals surface area contributed by atoms with E-state index in [2.05, 4.69) is 10.6 Å². The molecule has 22 heavy (non-hydrogen) atoms. The van der Waals surface area contributed by atoms with Gasteiger partial charge in [0.25, 0.3) is 0 Å². The van der Waals surface area contributed by atoms with E-state index in [9.17, 15) is 4.79 Å². The van der Waals surface area contributed by atoms with E-state index in [1.165, 1.54) is 0 Å². The van der Waals surface area contributed by atoms with Crippen molar-refractivity contribution in [2.24, 2.45) is 0 Å². The van der Waals surface area contributed by atoms with Crippen LogP contribution in [0.2, 0.25) is 5.02 Å². The first kappa shape index (κ1) is 14.7. The molecule has 1 aliphatic rings. The molecule has 114 valence electrons. The van der Waals surface area contributed by atoms with E-state index >= 15 is 0 Å². The second-order valence-corrected chi connectivity index (χ2v) is 5.67. The van der Waals surface area contributed by atoms with E-state index in [1.54, 1.807) is 0 Å². The van der Waals surface area contributed by atoms with Crippen molar-refractivity contribution in [2.75, 3.05) is 13.2 Å². The quantitative estimate of drug-likeness (QED) is 0.909. The number of benzene rings is 2. The molecule has 2 N–H and O–H groups in total. The van der Waals surface area contributed by atoms with Crippen LogP contribution in [0, 0.1) is 0 Å². The molecule has 2 aromatic rings. The molecule has 2 amide bonds. The van der Waals surface area contributed by atoms with E-state index in [0.29, 0.717) is 24.7 Å². The number of amides is 2. The third-order valence-electron chi connectivity index (χ3n) is 3.67. The minimum absolute atomic E-state index is 0.181. The Hall–Kier alpha value is -2.20. The normalized spacial score (nSPS) is 15.8. The summed E-state index contributed by atoms with van der Waals surface area (Å²) in [5, 5.41) is 6.41. The number of carbonyl (C=O) groups is 1. The van der Waals surface area contributed by atoms with E-state index in [4.69, 9.17) is 16.3 Å². The Labute approximate surface area is 134 Å². The summed E-state index contributed by atoms with van der Waals surface area (Å²) in [5.74, 6) is 1.12. The van der Waals surface area contributed by atoms with Gasteiger partial charge >= 0.3 is 6.03 Å². The van der Waals surface area contributed by atoms with Gasteiger partial charge in [0.05, 0.1) is 6.61 Å². The lowest BCUT2D eigenvalue weighted by molar-refractivity contribution is 0.238. The Morgan fingerprint density at radius 1 is 1.14 bits per heavy atom. The predicted molar refractivity (Wildman–Crippen MR) is 86.4 cm³/mol. The van der Waals surface area contributed by atoms with Crippen LogP contribution in [-0.4, -0.2) is 19.2 Å². The Morgan fingerprint density at radius 3 is 2.73 bits per heavy atom. The first-order valence-electron chi connectivity index (χ1n) is 7.20. The summed E-state index contributed by atoms with van der Waals surface area (Å²) in [6, 6.07) is 15.2. The summed E-state index contributed by atoms with van der Waals surface area (Å²) in [5.41, 5.74) is 2.16. The number of halogens is 1. The molecule has 0 fully saturated rings. The van der Waals surface area contributed by atoms with Crippen LogP contribution in [-0.2, 0) is 6.54 Å². The van der Waals surface area contributed by atoms with Gasteiger partial charge in [0, 0.05) is 29.6 Å². The van der Waals surface area contributed by atoms with Crippen LogP contribution in [0.5, 0.6) is 5.75 Å². The summed E-state index contributed by atoms with van der Waals surface area (Å²) in [7, 11) is 0. The molecule has 0 radical (unpaired) electrons. The van der Waals surface area contributed by atoms with E-state index in [0.717, 1.165) is 16.9 Å².